The van der Waals surface area contributed by atoms with Crippen LogP contribution in [0.1, 0.15) is 104 Å². The molecule has 2 aliphatic rings. The van der Waals surface area contributed by atoms with E-state index in [-0.39, 0.29) is 21.9 Å². The van der Waals surface area contributed by atoms with E-state index in [1.807, 2.05) is 0 Å². The average Bonchev–Trinajstić information content (AvgIpc) is 2.98. The SMILES string of the molecule is CC(C)(C)CC(C)(C)N1Cc2cccc[c]2[Bi]([O][Bi]2[c]3ccccc3CN(C(C)(C)CC(C)(C)C)Cc3cccc[c]32)[c]2ccccc2C1. The van der Waals surface area contributed by atoms with Gasteiger partial charge in [0.2, 0.25) is 0 Å². The Labute approximate surface area is 315 Å². The zero-order valence-corrected chi connectivity index (χ0v) is 38.6. The molecular weight excluding hydrogens is 990 g/mol. The van der Waals surface area contributed by atoms with E-state index in [1.165, 1.54) is 35.3 Å². The molecule has 260 valence electrons. The second kappa shape index (κ2) is 14.5. The third-order valence-electron chi connectivity index (χ3n) is 10.1. The second-order valence-electron chi connectivity index (χ2n) is 18.0. The van der Waals surface area contributed by atoms with Gasteiger partial charge < -0.3 is 0 Å². The standard InChI is InChI=1S/2C22H29N.2Bi.O/c2*1-21(2,3)18-22(4,5)23(16-19-12-8-6-9-13-19)17-20-14-10-7-11-15-20;;;/h2*6-12,14H,16-18H2,1-5H3;;;. The zero-order chi connectivity index (χ0) is 35.2. The van der Waals surface area contributed by atoms with Crippen LogP contribution in [0.4, 0.5) is 0 Å². The van der Waals surface area contributed by atoms with E-state index in [4.69, 9.17) is 0.889 Å². The van der Waals surface area contributed by atoms with Gasteiger partial charge in [0.25, 0.3) is 0 Å². The molecule has 2 aliphatic heterocycles. The molecule has 0 bridgehead atoms. The summed E-state index contributed by atoms with van der Waals surface area (Å²) in [5.41, 5.74) is 6.52. The molecule has 0 aromatic heterocycles. The van der Waals surface area contributed by atoms with Gasteiger partial charge in [-0.1, -0.05) is 0 Å². The number of nitrogens with zero attached hydrogens (tertiary/aromatic N) is 2. The predicted molar refractivity (Wildman–Crippen MR) is 212 cm³/mol. The van der Waals surface area contributed by atoms with E-state index >= 15 is 0 Å². The van der Waals surface area contributed by atoms with Crippen LogP contribution in [0, 0.1) is 10.8 Å². The summed E-state index contributed by atoms with van der Waals surface area (Å²) in [5.74, 6) is 0. The third-order valence-corrected chi connectivity index (χ3v) is 36.1. The van der Waals surface area contributed by atoms with E-state index in [0.717, 1.165) is 39.0 Å². The summed E-state index contributed by atoms with van der Waals surface area (Å²) in [6, 6.07) is 37.4. The van der Waals surface area contributed by atoms with E-state index in [2.05, 4.69) is 176 Å². The Morgan fingerprint density at radius 3 is 0.918 bits per heavy atom. The molecule has 0 N–H and O–H groups in total. The predicted octanol–water partition coefficient (Wildman–Crippen LogP) is 7.68. The summed E-state index contributed by atoms with van der Waals surface area (Å²) in [4.78, 5) is 5.49. The van der Waals surface area contributed by atoms with Crippen LogP contribution in [-0.2, 0) is 27.1 Å². The van der Waals surface area contributed by atoms with Gasteiger partial charge in [-0.2, -0.15) is 0 Å². The van der Waals surface area contributed by atoms with Gasteiger partial charge in [-0.05, 0) is 0 Å². The van der Waals surface area contributed by atoms with Crippen molar-refractivity contribution in [1.82, 2.24) is 9.80 Å². The molecule has 3 nitrogen and oxygen atoms in total. The molecule has 0 amide bonds. The maximum atomic E-state index is 8.08. The Kier molecular flexibility index (Phi) is 11.0. The maximum absolute atomic E-state index is 8.08. The van der Waals surface area contributed by atoms with E-state index in [1.54, 1.807) is 0 Å². The molecule has 0 radical (unpaired) electrons. The molecule has 0 saturated carbocycles. The van der Waals surface area contributed by atoms with E-state index < -0.39 is 44.4 Å². The van der Waals surface area contributed by atoms with Crippen molar-refractivity contribution < 1.29 is 0.889 Å². The number of rotatable bonds is 6. The van der Waals surface area contributed by atoms with Crippen molar-refractivity contribution in [3.8, 4) is 0 Å². The zero-order valence-electron chi connectivity index (χ0n) is 31.7. The molecule has 4 aromatic rings. The van der Waals surface area contributed by atoms with Crippen molar-refractivity contribution in [2.45, 2.75) is 119 Å². The molecule has 0 unspecified atom stereocenters. The molecule has 2 heterocycles. The molecule has 5 heteroatoms. The summed E-state index contributed by atoms with van der Waals surface area (Å²) in [5, 5.41) is 0. The molecule has 0 saturated heterocycles. The van der Waals surface area contributed by atoms with Gasteiger partial charge in [0, 0.05) is 0 Å². The molecule has 0 spiro atoms. The number of hydrogen-bond acceptors (Lipinski definition) is 3. The van der Waals surface area contributed by atoms with Crippen LogP contribution in [0.3, 0.4) is 0 Å². The molecule has 6 rings (SSSR count). The van der Waals surface area contributed by atoms with Crippen LogP contribution in [0.15, 0.2) is 97.1 Å². The Bertz CT molecular complexity index is 1540. The van der Waals surface area contributed by atoms with Crippen LogP contribution in [-0.4, -0.2) is 65.3 Å². The monoisotopic (exact) mass is 1050 g/mol. The summed E-state index contributed by atoms with van der Waals surface area (Å²) < 4.78 is 14.2. The van der Waals surface area contributed by atoms with Crippen LogP contribution in [0.25, 0.3) is 0 Å². The first-order valence-corrected chi connectivity index (χ1v) is 27.9. The summed E-state index contributed by atoms with van der Waals surface area (Å²) >= 11 is -5.98. The molecule has 0 aliphatic carbocycles. The Morgan fingerprint density at radius 2 is 0.673 bits per heavy atom. The van der Waals surface area contributed by atoms with Crippen LogP contribution in [0.2, 0.25) is 0 Å². The van der Waals surface area contributed by atoms with Gasteiger partial charge in [0.05, 0.1) is 0 Å². The van der Waals surface area contributed by atoms with Crippen LogP contribution < -0.4 is 13.1 Å². The van der Waals surface area contributed by atoms with Crippen molar-refractivity contribution in [3.63, 3.8) is 0 Å². The van der Waals surface area contributed by atoms with Gasteiger partial charge in [0.15, 0.2) is 0 Å². The van der Waals surface area contributed by atoms with Crippen molar-refractivity contribution in [2.75, 3.05) is 0 Å². The number of hydrogen-bond donors (Lipinski definition) is 0. The second-order valence-corrected chi connectivity index (χ2v) is 36.3. The first-order valence-electron chi connectivity index (χ1n) is 18.1. The first-order chi connectivity index (χ1) is 23.0. The van der Waals surface area contributed by atoms with Gasteiger partial charge in [0.1, 0.15) is 0 Å². The Hall–Kier alpha value is -1.47. The van der Waals surface area contributed by atoms with Gasteiger partial charge in [-0.3, -0.25) is 0 Å². The normalized spacial score (nSPS) is 17.2. The third kappa shape index (κ3) is 8.78. The fourth-order valence-electron chi connectivity index (χ4n) is 8.50. The molecule has 49 heavy (non-hydrogen) atoms. The van der Waals surface area contributed by atoms with E-state index in [0.29, 0.717) is 0 Å². The molecular formula is C44H58Bi2N2O. The summed E-state index contributed by atoms with van der Waals surface area (Å²) in [6.07, 6.45) is 2.28. The van der Waals surface area contributed by atoms with E-state index in [9.17, 15) is 0 Å². The Morgan fingerprint density at radius 1 is 0.429 bits per heavy atom. The van der Waals surface area contributed by atoms with Gasteiger partial charge in [-0.25, -0.2) is 0 Å². The van der Waals surface area contributed by atoms with Gasteiger partial charge >= 0.3 is 318 Å². The molecule has 4 aromatic carbocycles. The van der Waals surface area contributed by atoms with Crippen molar-refractivity contribution in [2.24, 2.45) is 10.8 Å². The summed E-state index contributed by atoms with van der Waals surface area (Å²) in [7, 11) is 0. The average molecular weight is 1050 g/mol. The number of fused-ring (bicyclic) bond motifs is 4. The minimum atomic E-state index is -2.99. The summed E-state index contributed by atoms with van der Waals surface area (Å²) in [6.45, 7) is 27.9. The fraction of sp³-hybridized carbons (Fsp3) is 0.455. The molecule has 0 fully saturated rings. The quantitative estimate of drug-likeness (QED) is 0.185. The van der Waals surface area contributed by atoms with Crippen molar-refractivity contribution >= 4 is 57.5 Å². The van der Waals surface area contributed by atoms with Gasteiger partial charge in [-0.15, -0.1) is 0 Å². The fourth-order valence-corrected chi connectivity index (χ4v) is 39.8. The van der Waals surface area contributed by atoms with Crippen molar-refractivity contribution in [1.29, 1.82) is 0 Å². The number of benzene rings is 4. The topological polar surface area (TPSA) is 15.7 Å². The molecule has 0 atom stereocenters. The van der Waals surface area contributed by atoms with Crippen LogP contribution >= 0.6 is 0 Å². The minimum absolute atomic E-state index is 0.0594. The van der Waals surface area contributed by atoms with Crippen molar-refractivity contribution in [3.05, 3.63) is 119 Å². The Balaban J connectivity index is 1.46. The first kappa shape index (κ1) is 37.3. The van der Waals surface area contributed by atoms with Crippen LogP contribution in [0.5, 0.6) is 0 Å².